The van der Waals surface area contributed by atoms with E-state index < -0.39 is 6.09 Å². The van der Waals surface area contributed by atoms with Crippen molar-refractivity contribution < 1.29 is 14.6 Å². The number of anilines is 2. The van der Waals surface area contributed by atoms with Crippen molar-refractivity contribution in [2.24, 2.45) is 11.8 Å². The average Bonchev–Trinajstić information content (AvgIpc) is 3.37. The van der Waals surface area contributed by atoms with Crippen molar-refractivity contribution >= 4 is 39.4 Å². The molecule has 1 aromatic carbocycles. The molecule has 0 radical (unpaired) electrons. The Morgan fingerprint density at radius 2 is 2.06 bits per heavy atom. The van der Waals surface area contributed by atoms with Crippen LogP contribution in [0.25, 0.3) is 20.8 Å². The maximum atomic E-state index is 11.5. The number of amides is 1. The number of nitrogens with zero attached hydrogens (tertiary/aromatic N) is 3. The molecule has 1 aliphatic carbocycles. The maximum Gasteiger partial charge on any atom is 0.407 e. The molecule has 0 unspecified atom stereocenters. The molecule has 0 aliphatic heterocycles. The Kier molecular flexibility index (Phi) is 7.71. The average molecular weight is 499 g/mol. The van der Waals surface area contributed by atoms with Crippen molar-refractivity contribution in [2.45, 2.75) is 46.1 Å². The number of thiazole rings is 1. The highest BCUT2D eigenvalue weighted by molar-refractivity contribution is 7.21. The summed E-state index contributed by atoms with van der Waals surface area (Å²) in [5.74, 6) is 1.74. The number of para-hydroxylation sites is 1. The van der Waals surface area contributed by atoms with Gasteiger partial charge in [0.2, 0.25) is 5.95 Å². The Labute approximate surface area is 209 Å². The second-order valence-corrected chi connectivity index (χ2v) is 10.3. The highest BCUT2D eigenvalue weighted by Gasteiger charge is 2.42. The lowest BCUT2D eigenvalue weighted by Gasteiger charge is -2.34. The molecular formula is C25H34N6O3S. The van der Waals surface area contributed by atoms with E-state index in [1.54, 1.807) is 18.3 Å². The summed E-state index contributed by atoms with van der Waals surface area (Å²) in [7, 11) is 0. The summed E-state index contributed by atoms with van der Waals surface area (Å²) in [6.07, 6.45) is 1.46. The molecule has 4 rings (SSSR count). The van der Waals surface area contributed by atoms with Crippen LogP contribution in [-0.2, 0) is 4.74 Å². The van der Waals surface area contributed by atoms with E-state index in [4.69, 9.17) is 19.7 Å². The molecule has 1 amide bonds. The van der Waals surface area contributed by atoms with Crippen LogP contribution in [0.3, 0.4) is 0 Å². The number of benzene rings is 1. The number of aromatic nitrogens is 3. The molecule has 0 bridgehead atoms. The fourth-order valence-electron chi connectivity index (χ4n) is 4.68. The van der Waals surface area contributed by atoms with Gasteiger partial charge in [0.15, 0.2) is 0 Å². The third kappa shape index (κ3) is 5.48. The molecule has 9 nitrogen and oxygen atoms in total. The van der Waals surface area contributed by atoms with Crippen LogP contribution in [0.15, 0.2) is 24.3 Å². The van der Waals surface area contributed by atoms with Crippen LogP contribution in [0.2, 0.25) is 0 Å². The maximum absolute atomic E-state index is 11.5. The number of ether oxygens (including phenoxy) is 1. The predicted molar refractivity (Wildman–Crippen MR) is 140 cm³/mol. The third-order valence-electron chi connectivity index (χ3n) is 6.94. The van der Waals surface area contributed by atoms with Crippen molar-refractivity contribution in [3.05, 3.63) is 30.0 Å². The van der Waals surface area contributed by atoms with E-state index in [9.17, 15) is 9.90 Å². The van der Waals surface area contributed by atoms with Crippen molar-refractivity contribution in [2.75, 3.05) is 36.9 Å². The van der Waals surface area contributed by atoms with Gasteiger partial charge in [-0.25, -0.2) is 14.8 Å². The summed E-state index contributed by atoms with van der Waals surface area (Å²) in [6, 6.07) is 8.08. The van der Waals surface area contributed by atoms with E-state index in [1.165, 1.54) is 0 Å². The van der Waals surface area contributed by atoms with Crippen molar-refractivity contribution in [1.82, 2.24) is 20.3 Å². The van der Waals surface area contributed by atoms with Gasteiger partial charge in [-0.3, -0.25) is 0 Å². The summed E-state index contributed by atoms with van der Waals surface area (Å²) in [6.45, 7) is 9.48. The van der Waals surface area contributed by atoms with Crippen LogP contribution in [0, 0.1) is 18.8 Å². The largest absolute Gasteiger partial charge is 0.450 e. The van der Waals surface area contributed by atoms with Crippen LogP contribution < -0.4 is 16.0 Å². The second-order valence-electron chi connectivity index (χ2n) is 9.23. The predicted octanol–water partition coefficient (Wildman–Crippen LogP) is 4.43. The summed E-state index contributed by atoms with van der Waals surface area (Å²) < 4.78 is 6.00. The van der Waals surface area contributed by atoms with Gasteiger partial charge in [0.05, 0.1) is 28.1 Å². The number of alkyl carbamates (subject to hydrolysis) is 1. The van der Waals surface area contributed by atoms with Gasteiger partial charge >= 0.3 is 6.09 Å². The molecule has 2 aromatic heterocycles. The molecule has 3 atom stereocenters. The number of hydrogen-bond acceptors (Lipinski definition) is 9. The number of aliphatic hydroxyl groups excluding tert-OH is 1. The van der Waals surface area contributed by atoms with Crippen LogP contribution >= 0.6 is 11.3 Å². The third-order valence-corrected chi connectivity index (χ3v) is 7.99. The molecule has 35 heavy (non-hydrogen) atoms. The lowest BCUT2D eigenvalue weighted by atomic mass is 9.86. The zero-order valence-corrected chi connectivity index (χ0v) is 21.5. The number of aryl methyl sites for hydroxylation is 1. The van der Waals surface area contributed by atoms with Gasteiger partial charge in [-0.2, -0.15) is 4.98 Å². The lowest BCUT2D eigenvalue weighted by Crippen LogP contribution is -2.40. The Hall–Kier alpha value is -2.98. The number of hydrogen-bond donors (Lipinski definition) is 4. The Bertz CT molecular complexity index is 1150. The van der Waals surface area contributed by atoms with Gasteiger partial charge in [0, 0.05) is 25.2 Å². The van der Waals surface area contributed by atoms with E-state index in [0.29, 0.717) is 25.6 Å². The van der Waals surface area contributed by atoms with E-state index in [-0.39, 0.29) is 24.0 Å². The highest BCUT2D eigenvalue weighted by Crippen LogP contribution is 2.44. The molecule has 2 heterocycles. The highest BCUT2D eigenvalue weighted by atomic mass is 32.1. The van der Waals surface area contributed by atoms with E-state index in [0.717, 1.165) is 45.1 Å². The van der Waals surface area contributed by atoms with Crippen LogP contribution in [-0.4, -0.2) is 58.0 Å². The van der Waals surface area contributed by atoms with Gasteiger partial charge in [-0.15, -0.1) is 11.3 Å². The number of nitrogens with one attached hydrogen (secondary N) is 3. The first-order chi connectivity index (χ1) is 16.8. The lowest BCUT2D eigenvalue weighted by molar-refractivity contribution is 0.152. The molecule has 188 valence electrons. The SMILES string of the molecule is CCOC(=O)NCCNc1nc(C)c(-c2nc3ccccc3s2)c(N[C@@]2(C)CC[C@H](CO)[C@H]2C)n1. The Balaban J connectivity index is 1.64. The topological polar surface area (TPSA) is 121 Å². The molecule has 1 aliphatic rings. The number of carbonyl (C=O) groups excluding carboxylic acids is 1. The zero-order chi connectivity index (χ0) is 25.0. The summed E-state index contributed by atoms with van der Waals surface area (Å²) in [5.41, 5.74) is 2.44. The first-order valence-corrected chi connectivity index (χ1v) is 12.9. The number of rotatable bonds is 9. The fourth-order valence-corrected chi connectivity index (χ4v) is 5.74. The summed E-state index contributed by atoms with van der Waals surface area (Å²) in [4.78, 5) is 25.9. The zero-order valence-electron chi connectivity index (χ0n) is 20.7. The molecule has 1 fully saturated rings. The van der Waals surface area contributed by atoms with E-state index >= 15 is 0 Å². The van der Waals surface area contributed by atoms with Crippen LogP contribution in [0.4, 0.5) is 16.6 Å². The standard InChI is InChI=1S/C25H34N6O3S/c1-5-34-24(33)27-13-12-26-23-28-16(3)20(22-29-18-8-6-7-9-19(18)35-22)21(30-23)31-25(4)11-10-17(14-32)15(25)2/h6-9,15,17,32H,5,10-14H2,1-4H3,(H,27,33)(H2,26,28,30,31)/t15-,17-,25+/m1/s1. The molecule has 1 saturated carbocycles. The van der Waals surface area contributed by atoms with E-state index in [2.05, 4.69) is 35.9 Å². The minimum Gasteiger partial charge on any atom is -0.450 e. The molecule has 0 spiro atoms. The number of aliphatic hydroxyl groups is 1. The number of fused-ring (bicyclic) bond motifs is 1. The smallest absolute Gasteiger partial charge is 0.407 e. The number of carbonyl (C=O) groups is 1. The summed E-state index contributed by atoms with van der Waals surface area (Å²) in [5, 5.41) is 20.3. The van der Waals surface area contributed by atoms with Gasteiger partial charge in [0.25, 0.3) is 0 Å². The first kappa shape index (κ1) is 25.1. The Morgan fingerprint density at radius 3 is 2.77 bits per heavy atom. The molecular weight excluding hydrogens is 464 g/mol. The fraction of sp³-hybridized carbons (Fsp3) is 0.520. The molecule has 0 saturated heterocycles. The van der Waals surface area contributed by atoms with Gasteiger partial charge in [-0.05, 0) is 57.6 Å². The molecule has 10 heteroatoms. The van der Waals surface area contributed by atoms with Crippen molar-refractivity contribution in [3.8, 4) is 10.6 Å². The molecule has 4 N–H and O–H groups in total. The van der Waals surface area contributed by atoms with Crippen LogP contribution in [0.5, 0.6) is 0 Å². The van der Waals surface area contributed by atoms with Crippen molar-refractivity contribution in [1.29, 1.82) is 0 Å². The Morgan fingerprint density at radius 1 is 1.26 bits per heavy atom. The van der Waals surface area contributed by atoms with Gasteiger partial charge in [0.1, 0.15) is 10.8 Å². The van der Waals surface area contributed by atoms with Gasteiger partial charge in [-0.1, -0.05) is 19.1 Å². The van der Waals surface area contributed by atoms with Crippen LogP contribution in [0.1, 0.15) is 39.3 Å². The molecule has 3 aromatic rings. The van der Waals surface area contributed by atoms with Gasteiger partial charge < -0.3 is 25.8 Å². The monoisotopic (exact) mass is 498 g/mol. The second kappa shape index (κ2) is 10.7. The first-order valence-electron chi connectivity index (χ1n) is 12.1. The van der Waals surface area contributed by atoms with E-state index in [1.807, 2.05) is 25.1 Å². The minimum atomic E-state index is -0.443. The summed E-state index contributed by atoms with van der Waals surface area (Å²) >= 11 is 1.62. The normalized spacial score (nSPS) is 21.7. The quantitative estimate of drug-likeness (QED) is 0.320. The van der Waals surface area contributed by atoms with Crippen molar-refractivity contribution in [3.63, 3.8) is 0 Å². The minimum absolute atomic E-state index is 0.187.